The molecule has 1 fully saturated rings. The fourth-order valence-electron chi connectivity index (χ4n) is 5.51. The Morgan fingerprint density at radius 3 is 2.27 bits per heavy atom. The highest BCUT2D eigenvalue weighted by Crippen LogP contribution is 2.32. The monoisotopic (exact) mass is 564 g/mol. The lowest BCUT2D eigenvalue weighted by atomic mass is 10.1. The van der Waals surface area contributed by atoms with Crippen LogP contribution in [0.15, 0.2) is 48.5 Å². The fourth-order valence-corrected chi connectivity index (χ4v) is 5.51. The lowest BCUT2D eigenvalue weighted by molar-refractivity contribution is 0.0747. The molecule has 6 rings (SSSR count). The number of hydrogen-bond donors (Lipinski definition) is 1. The second kappa shape index (κ2) is 10.2. The minimum Gasteiger partial charge on any atom is -0.368 e. The number of fused-ring (bicyclic) bond motifs is 2. The third kappa shape index (κ3) is 4.68. The van der Waals surface area contributed by atoms with E-state index in [4.69, 9.17) is 4.98 Å². The summed E-state index contributed by atoms with van der Waals surface area (Å²) in [6.07, 6.45) is 0. The first-order valence-electron chi connectivity index (χ1n) is 13.5. The van der Waals surface area contributed by atoms with E-state index in [1.807, 2.05) is 24.5 Å². The summed E-state index contributed by atoms with van der Waals surface area (Å²) in [7, 11) is 0. The van der Waals surface area contributed by atoms with Crippen molar-refractivity contribution < 1.29 is 22.4 Å². The predicted octanol–water partition coefficient (Wildman–Crippen LogP) is 6.16. The zero-order valence-corrected chi connectivity index (χ0v) is 22.8. The molecule has 0 aliphatic carbocycles. The molecule has 11 heteroatoms. The van der Waals surface area contributed by atoms with E-state index in [9.17, 15) is 22.4 Å². The van der Waals surface area contributed by atoms with Crippen LogP contribution in [-0.2, 0) is 0 Å². The Morgan fingerprint density at radius 2 is 1.59 bits per heavy atom. The first-order valence-corrected chi connectivity index (χ1v) is 13.5. The number of carbonyl (C=O) groups is 1. The van der Waals surface area contributed by atoms with Gasteiger partial charge in [0.15, 0.2) is 17.5 Å². The lowest BCUT2D eigenvalue weighted by Gasteiger charge is -2.36. The van der Waals surface area contributed by atoms with Gasteiger partial charge in [-0.1, -0.05) is 0 Å². The van der Waals surface area contributed by atoms with E-state index in [1.165, 1.54) is 12.1 Å². The molecule has 0 spiro atoms. The first kappa shape index (κ1) is 26.8. The van der Waals surface area contributed by atoms with Crippen LogP contribution in [0.5, 0.6) is 0 Å². The number of nitrogens with zero attached hydrogens (tertiary/aromatic N) is 5. The number of carbonyl (C=O) groups excluding carboxylic acids is 1. The Bertz CT molecular complexity index is 1770. The summed E-state index contributed by atoms with van der Waals surface area (Å²) in [5.41, 5.74) is 2.25. The third-order valence-corrected chi connectivity index (χ3v) is 7.67. The molecule has 1 N–H and O–H groups in total. The van der Waals surface area contributed by atoms with Gasteiger partial charge < -0.3 is 19.4 Å². The van der Waals surface area contributed by atoms with Gasteiger partial charge in [-0.25, -0.2) is 27.5 Å². The largest absolute Gasteiger partial charge is 0.368 e. The maximum absolute atomic E-state index is 14.3. The van der Waals surface area contributed by atoms with Gasteiger partial charge in [0.1, 0.15) is 28.5 Å². The molecule has 1 aliphatic rings. The number of piperazine rings is 1. The van der Waals surface area contributed by atoms with Crippen LogP contribution < -0.4 is 4.90 Å². The highest BCUT2D eigenvalue weighted by atomic mass is 19.2. The lowest BCUT2D eigenvalue weighted by Crippen LogP contribution is -2.48. The summed E-state index contributed by atoms with van der Waals surface area (Å²) in [4.78, 5) is 29.2. The Morgan fingerprint density at radius 1 is 0.878 bits per heavy atom. The van der Waals surface area contributed by atoms with Crippen LogP contribution in [0.3, 0.4) is 0 Å². The van der Waals surface area contributed by atoms with Gasteiger partial charge in [0.25, 0.3) is 5.91 Å². The molecule has 5 aromatic rings. The van der Waals surface area contributed by atoms with Crippen molar-refractivity contribution in [1.82, 2.24) is 24.4 Å². The van der Waals surface area contributed by atoms with Crippen molar-refractivity contribution in [3.63, 3.8) is 0 Å². The molecule has 1 atom stereocenters. The van der Waals surface area contributed by atoms with E-state index >= 15 is 0 Å². The van der Waals surface area contributed by atoms with Crippen LogP contribution >= 0.6 is 0 Å². The van der Waals surface area contributed by atoms with Gasteiger partial charge in [-0.05, 0) is 63.2 Å². The Balaban J connectivity index is 1.28. The van der Waals surface area contributed by atoms with Crippen molar-refractivity contribution in [2.24, 2.45) is 0 Å². The number of hydrogen-bond acceptors (Lipinski definition) is 4. The summed E-state index contributed by atoms with van der Waals surface area (Å²) in [6.45, 7) is 8.08. The number of halogens is 4. The van der Waals surface area contributed by atoms with Crippen LogP contribution in [0.4, 0.5) is 23.2 Å². The van der Waals surface area contributed by atoms with Crippen LogP contribution in [-0.4, -0.2) is 56.5 Å². The highest BCUT2D eigenvalue weighted by molar-refractivity contribution is 5.97. The molecule has 2 aromatic heterocycles. The fraction of sp³-hybridized carbons (Fsp3) is 0.300. The van der Waals surface area contributed by atoms with Crippen molar-refractivity contribution in [3.8, 4) is 0 Å². The molecule has 1 amide bonds. The average Bonchev–Trinajstić information content (AvgIpc) is 3.59. The van der Waals surface area contributed by atoms with E-state index in [0.717, 1.165) is 11.2 Å². The van der Waals surface area contributed by atoms with Crippen LogP contribution in [0, 0.1) is 23.3 Å². The number of imidazole rings is 2. The summed E-state index contributed by atoms with van der Waals surface area (Å²) in [5.74, 6) is -3.49. The van der Waals surface area contributed by atoms with E-state index in [2.05, 4.69) is 14.9 Å². The maximum Gasteiger partial charge on any atom is 0.254 e. The molecule has 3 aromatic carbocycles. The number of H-pyrrole nitrogens is 1. The van der Waals surface area contributed by atoms with Gasteiger partial charge in [-0.15, -0.1) is 0 Å². The topological polar surface area (TPSA) is 70.1 Å². The van der Waals surface area contributed by atoms with Crippen molar-refractivity contribution in [2.45, 2.75) is 32.7 Å². The van der Waals surface area contributed by atoms with Crippen LogP contribution in [0.1, 0.15) is 54.7 Å². The van der Waals surface area contributed by atoms with Gasteiger partial charge in [0.05, 0.1) is 17.0 Å². The molecule has 41 heavy (non-hydrogen) atoms. The number of aromatic amines is 1. The molecule has 0 radical (unpaired) electrons. The first-order chi connectivity index (χ1) is 19.6. The number of rotatable bonds is 5. The van der Waals surface area contributed by atoms with Gasteiger partial charge in [0, 0.05) is 49.5 Å². The number of benzene rings is 3. The van der Waals surface area contributed by atoms with Gasteiger partial charge >= 0.3 is 0 Å². The summed E-state index contributed by atoms with van der Waals surface area (Å²) in [6, 6.07) is 12.1. The summed E-state index contributed by atoms with van der Waals surface area (Å²) >= 11 is 0. The van der Waals surface area contributed by atoms with Gasteiger partial charge in [-0.3, -0.25) is 4.79 Å². The zero-order chi connectivity index (χ0) is 29.0. The van der Waals surface area contributed by atoms with E-state index in [0.29, 0.717) is 49.1 Å². The maximum atomic E-state index is 14.3. The summed E-state index contributed by atoms with van der Waals surface area (Å²) < 4.78 is 57.7. The standard InChI is InChI=1S/C30H28F4N6O/c1-16(2)40-24-14-18(30(41)39-12-10-38(11-13-39)20-7-5-19(31)6-8-20)4-9-23(24)35-29(40)17(3)28-36-26-22(33)15-21(32)25(34)27(26)37-28/h4-9,14-17H,10-13H2,1-3H3,(H,36,37). The van der Waals surface area contributed by atoms with Crippen molar-refractivity contribution >= 4 is 33.7 Å². The molecular formula is C30H28F4N6O. The second-order valence-electron chi connectivity index (χ2n) is 10.6. The van der Waals surface area contributed by atoms with Crippen molar-refractivity contribution in [1.29, 1.82) is 0 Å². The molecule has 0 saturated carbocycles. The van der Waals surface area contributed by atoms with Crippen molar-refractivity contribution in [3.05, 3.63) is 89.0 Å². The quantitative estimate of drug-likeness (QED) is 0.205. The molecule has 212 valence electrons. The minimum atomic E-state index is -1.29. The van der Waals surface area contributed by atoms with E-state index in [1.54, 1.807) is 36.1 Å². The van der Waals surface area contributed by atoms with E-state index < -0.39 is 23.4 Å². The van der Waals surface area contributed by atoms with Crippen LogP contribution in [0.25, 0.3) is 22.1 Å². The molecule has 1 unspecified atom stereocenters. The van der Waals surface area contributed by atoms with Crippen molar-refractivity contribution in [2.75, 3.05) is 31.1 Å². The van der Waals surface area contributed by atoms with Gasteiger partial charge in [0.2, 0.25) is 0 Å². The number of aromatic nitrogens is 4. The normalized spacial score (nSPS) is 14.9. The Kier molecular flexibility index (Phi) is 6.67. The minimum absolute atomic E-state index is 0.0580. The summed E-state index contributed by atoms with van der Waals surface area (Å²) in [5, 5.41) is 0. The number of anilines is 1. The van der Waals surface area contributed by atoms with E-state index in [-0.39, 0.29) is 34.6 Å². The second-order valence-corrected chi connectivity index (χ2v) is 10.6. The number of nitrogens with one attached hydrogen (secondary N) is 1. The molecule has 3 heterocycles. The third-order valence-electron chi connectivity index (χ3n) is 7.67. The molecule has 1 saturated heterocycles. The number of amides is 1. The molecule has 7 nitrogen and oxygen atoms in total. The van der Waals surface area contributed by atoms with Crippen LogP contribution in [0.2, 0.25) is 0 Å². The highest BCUT2D eigenvalue weighted by Gasteiger charge is 2.27. The Labute approximate surface area is 233 Å². The van der Waals surface area contributed by atoms with Gasteiger partial charge in [-0.2, -0.15) is 0 Å². The molecule has 0 bridgehead atoms. The average molecular weight is 565 g/mol. The Hall–Kier alpha value is -4.41. The molecule has 1 aliphatic heterocycles. The SMILES string of the molecule is CC(c1nc2c(F)cc(F)c(F)c2[nH]1)c1nc2ccc(C(=O)N3CCN(c4ccc(F)cc4)CC3)cc2n1C(C)C. The smallest absolute Gasteiger partial charge is 0.254 e. The zero-order valence-electron chi connectivity index (χ0n) is 22.8. The predicted molar refractivity (Wildman–Crippen MR) is 148 cm³/mol. The molecular weight excluding hydrogens is 536 g/mol.